The van der Waals surface area contributed by atoms with E-state index >= 15 is 0 Å². The molecule has 0 unspecified atom stereocenters. The van der Waals surface area contributed by atoms with Crippen LogP contribution >= 0.6 is 0 Å². The first-order valence-electron chi connectivity index (χ1n) is 7.28. The van der Waals surface area contributed by atoms with Crippen molar-refractivity contribution in [2.24, 2.45) is 5.73 Å². The van der Waals surface area contributed by atoms with Crippen LogP contribution in [0.15, 0.2) is 48.7 Å². The molecule has 0 saturated carbocycles. The molecule has 0 aliphatic heterocycles. The lowest BCUT2D eigenvalue weighted by Crippen LogP contribution is -2.07. The second kappa shape index (κ2) is 9.10. The Morgan fingerprint density at radius 3 is 2.62 bits per heavy atom. The summed E-state index contributed by atoms with van der Waals surface area (Å²) in [6.07, 6.45) is 3.51. The monoisotopic (exact) mass is 286 g/mol. The van der Waals surface area contributed by atoms with Gasteiger partial charge in [-0.2, -0.15) is 0 Å². The average molecular weight is 286 g/mol. The Balaban J connectivity index is 1.56. The van der Waals surface area contributed by atoms with Gasteiger partial charge in [0.2, 0.25) is 0 Å². The second-order valence-corrected chi connectivity index (χ2v) is 4.70. The molecule has 2 aromatic rings. The quantitative estimate of drug-likeness (QED) is 0.720. The number of benzene rings is 1. The Morgan fingerprint density at radius 1 is 0.952 bits per heavy atom. The second-order valence-electron chi connectivity index (χ2n) is 4.70. The first kappa shape index (κ1) is 15.5. The van der Waals surface area contributed by atoms with Crippen molar-refractivity contribution in [3.05, 3.63) is 59.9 Å². The number of pyridine rings is 1. The fourth-order valence-electron chi connectivity index (χ4n) is 1.98. The van der Waals surface area contributed by atoms with Crippen LogP contribution in [0.1, 0.15) is 17.7 Å². The van der Waals surface area contributed by atoms with Gasteiger partial charge in [-0.25, -0.2) is 0 Å². The highest BCUT2D eigenvalue weighted by atomic mass is 16.5. The molecule has 0 fully saturated rings. The minimum atomic E-state index is 0.497. The topological polar surface area (TPSA) is 57.4 Å². The van der Waals surface area contributed by atoms with E-state index in [0.717, 1.165) is 29.8 Å². The minimum absolute atomic E-state index is 0.497. The van der Waals surface area contributed by atoms with Gasteiger partial charge in [-0.1, -0.05) is 24.3 Å². The van der Waals surface area contributed by atoms with E-state index in [1.165, 1.54) is 0 Å². The Kier molecular flexibility index (Phi) is 6.71. The predicted molar refractivity (Wildman–Crippen MR) is 83.2 cm³/mol. The zero-order valence-electron chi connectivity index (χ0n) is 12.2. The first-order chi connectivity index (χ1) is 10.4. The van der Waals surface area contributed by atoms with E-state index in [1.54, 1.807) is 6.20 Å². The van der Waals surface area contributed by atoms with Crippen LogP contribution in [0.5, 0.6) is 5.75 Å². The highest BCUT2D eigenvalue weighted by Crippen LogP contribution is 2.17. The molecule has 0 radical (unpaired) electrons. The van der Waals surface area contributed by atoms with Crippen molar-refractivity contribution in [2.45, 2.75) is 19.4 Å². The number of aromatic nitrogens is 1. The number of nitrogens with two attached hydrogens (primary N) is 1. The first-order valence-corrected chi connectivity index (χ1v) is 7.28. The number of hydrogen-bond acceptors (Lipinski definition) is 4. The molecule has 1 heterocycles. The highest BCUT2D eigenvalue weighted by molar-refractivity contribution is 5.32. The maximum atomic E-state index is 5.72. The molecule has 2 rings (SSSR count). The van der Waals surface area contributed by atoms with Gasteiger partial charge >= 0.3 is 0 Å². The fraction of sp³-hybridized carbons (Fsp3) is 0.353. The van der Waals surface area contributed by atoms with Crippen LogP contribution in [0.2, 0.25) is 0 Å². The lowest BCUT2D eigenvalue weighted by atomic mass is 10.2. The van der Waals surface area contributed by atoms with E-state index in [4.69, 9.17) is 15.2 Å². The number of para-hydroxylation sites is 1. The third-order valence-electron chi connectivity index (χ3n) is 3.11. The molecule has 0 amide bonds. The Bertz CT molecular complexity index is 517. The van der Waals surface area contributed by atoms with Crippen LogP contribution in [0, 0.1) is 0 Å². The molecular formula is C17H22N2O2. The van der Waals surface area contributed by atoms with E-state index < -0.39 is 0 Å². The third kappa shape index (κ3) is 5.53. The van der Waals surface area contributed by atoms with E-state index in [-0.39, 0.29) is 0 Å². The van der Waals surface area contributed by atoms with Crippen LogP contribution in [0.4, 0.5) is 0 Å². The van der Waals surface area contributed by atoms with Crippen LogP contribution in [-0.4, -0.2) is 24.8 Å². The van der Waals surface area contributed by atoms with E-state index in [2.05, 4.69) is 4.98 Å². The predicted octanol–water partition coefficient (Wildman–Crippen LogP) is 2.57. The number of ether oxygens (including phenoxy) is 2. The largest absolute Gasteiger partial charge is 0.493 e. The summed E-state index contributed by atoms with van der Waals surface area (Å²) in [5.41, 5.74) is 7.76. The number of nitrogens with zero attached hydrogens (tertiary/aromatic N) is 1. The maximum absolute atomic E-state index is 5.72. The molecule has 1 aromatic carbocycles. The lowest BCUT2D eigenvalue weighted by Gasteiger charge is -2.10. The van der Waals surface area contributed by atoms with Crippen molar-refractivity contribution in [2.75, 3.05) is 19.8 Å². The molecule has 0 aliphatic rings. The van der Waals surface area contributed by atoms with Crippen molar-refractivity contribution >= 4 is 0 Å². The molecule has 0 saturated heterocycles. The average Bonchev–Trinajstić information content (AvgIpc) is 2.55. The van der Waals surface area contributed by atoms with Crippen molar-refractivity contribution in [1.82, 2.24) is 4.98 Å². The summed E-state index contributed by atoms with van der Waals surface area (Å²) < 4.78 is 11.3. The molecule has 0 spiro atoms. The van der Waals surface area contributed by atoms with Crippen molar-refractivity contribution in [3.8, 4) is 5.75 Å². The number of rotatable bonds is 9. The van der Waals surface area contributed by atoms with Crippen LogP contribution in [0.3, 0.4) is 0 Å². The Labute approximate surface area is 125 Å². The standard InChI is InChI=1S/C17H22N2O2/c18-14-15-6-1-2-8-17(15)21-12-5-11-20-13-9-16-7-3-4-10-19-16/h1-4,6-8,10H,5,9,11-14,18H2. The summed E-state index contributed by atoms with van der Waals surface area (Å²) in [4.78, 5) is 4.25. The summed E-state index contributed by atoms with van der Waals surface area (Å²) in [5, 5.41) is 0. The van der Waals surface area contributed by atoms with E-state index in [1.807, 2.05) is 42.5 Å². The molecule has 1 aromatic heterocycles. The summed E-state index contributed by atoms with van der Waals surface area (Å²) >= 11 is 0. The molecule has 0 atom stereocenters. The van der Waals surface area contributed by atoms with Gasteiger partial charge in [-0.15, -0.1) is 0 Å². The van der Waals surface area contributed by atoms with Gasteiger partial charge < -0.3 is 15.2 Å². The molecule has 4 nitrogen and oxygen atoms in total. The molecular weight excluding hydrogens is 264 g/mol. The van der Waals surface area contributed by atoms with Crippen molar-refractivity contribution in [1.29, 1.82) is 0 Å². The zero-order valence-corrected chi connectivity index (χ0v) is 12.2. The zero-order chi connectivity index (χ0) is 14.8. The molecule has 21 heavy (non-hydrogen) atoms. The van der Waals surface area contributed by atoms with Gasteiger partial charge in [0.05, 0.1) is 13.2 Å². The Morgan fingerprint density at radius 2 is 1.81 bits per heavy atom. The molecule has 2 N–H and O–H groups in total. The van der Waals surface area contributed by atoms with Gasteiger partial charge in [0.15, 0.2) is 0 Å². The fourth-order valence-corrected chi connectivity index (χ4v) is 1.98. The minimum Gasteiger partial charge on any atom is -0.493 e. The summed E-state index contributed by atoms with van der Waals surface area (Å²) in [6.45, 7) is 2.52. The van der Waals surface area contributed by atoms with Gasteiger partial charge in [-0.3, -0.25) is 4.98 Å². The van der Waals surface area contributed by atoms with Crippen LogP contribution < -0.4 is 10.5 Å². The van der Waals surface area contributed by atoms with Crippen LogP contribution in [-0.2, 0) is 17.7 Å². The normalized spacial score (nSPS) is 10.5. The van der Waals surface area contributed by atoms with Gasteiger partial charge in [0.25, 0.3) is 0 Å². The molecule has 112 valence electrons. The number of hydrogen-bond donors (Lipinski definition) is 1. The maximum Gasteiger partial charge on any atom is 0.123 e. The van der Waals surface area contributed by atoms with Crippen molar-refractivity contribution < 1.29 is 9.47 Å². The summed E-state index contributed by atoms with van der Waals surface area (Å²) in [5.74, 6) is 0.869. The van der Waals surface area contributed by atoms with Gasteiger partial charge in [0, 0.05) is 43.4 Å². The SMILES string of the molecule is NCc1ccccc1OCCCOCCc1ccccn1. The van der Waals surface area contributed by atoms with Crippen molar-refractivity contribution in [3.63, 3.8) is 0 Å². The molecule has 0 aliphatic carbocycles. The van der Waals surface area contributed by atoms with Crippen LogP contribution in [0.25, 0.3) is 0 Å². The molecule has 4 heteroatoms. The third-order valence-corrected chi connectivity index (χ3v) is 3.11. The Hall–Kier alpha value is -1.91. The summed E-state index contributed by atoms with van der Waals surface area (Å²) in [7, 11) is 0. The molecule has 0 bridgehead atoms. The lowest BCUT2D eigenvalue weighted by molar-refractivity contribution is 0.121. The van der Waals surface area contributed by atoms with E-state index in [0.29, 0.717) is 26.4 Å². The smallest absolute Gasteiger partial charge is 0.123 e. The van der Waals surface area contributed by atoms with Gasteiger partial charge in [-0.05, 0) is 18.2 Å². The van der Waals surface area contributed by atoms with E-state index in [9.17, 15) is 0 Å². The summed E-state index contributed by atoms with van der Waals surface area (Å²) in [6, 6.07) is 13.8. The highest BCUT2D eigenvalue weighted by Gasteiger charge is 2.00. The van der Waals surface area contributed by atoms with Gasteiger partial charge in [0.1, 0.15) is 5.75 Å².